The Kier molecular flexibility index (Phi) is 4.51. The van der Waals surface area contributed by atoms with Gasteiger partial charge in [-0.2, -0.15) is 0 Å². The predicted molar refractivity (Wildman–Crippen MR) is 73.8 cm³/mol. The summed E-state index contributed by atoms with van der Waals surface area (Å²) in [6, 6.07) is 0. The fourth-order valence-electron chi connectivity index (χ4n) is 2.83. The van der Waals surface area contributed by atoms with Gasteiger partial charge in [0.25, 0.3) is 0 Å². The summed E-state index contributed by atoms with van der Waals surface area (Å²) in [5.74, 6) is 0.308. The van der Waals surface area contributed by atoms with Crippen LogP contribution in [-0.4, -0.2) is 42.7 Å². The van der Waals surface area contributed by atoms with Gasteiger partial charge in [0.1, 0.15) is 10.6 Å². The zero-order valence-electron chi connectivity index (χ0n) is 12.2. The zero-order chi connectivity index (χ0) is 14.9. The topological polar surface area (TPSA) is 83.6 Å². The maximum Gasteiger partial charge on any atom is 0.248 e. The van der Waals surface area contributed by atoms with Gasteiger partial charge in [-0.15, -0.1) is 0 Å². The monoisotopic (exact) mass is 302 g/mol. The van der Waals surface area contributed by atoms with Crippen LogP contribution in [-0.2, 0) is 10.0 Å². The number of hydrogen-bond donors (Lipinski definition) is 1. The molecule has 1 aliphatic carbocycles. The third kappa shape index (κ3) is 2.89. The number of aliphatic hydroxyl groups is 1. The molecule has 1 fully saturated rings. The van der Waals surface area contributed by atoms with Crippen molar-refractivity contribution < 1.29 is 18.0 Å². The van der Waals surface area contributed by atoms with Crippen LogP contribution >= 0.6 is 0 Å². The van der Waals surface area contributed by atoms with Crippen molar-refractivity contribution in [1.82, 2.24) is 9.46 Å². The van der Waals surface area contributed by atoms with E-state index in [1.807, 2.05) is 0 Å². The lowest BCUT2D eigenvalue weighted by molar-refractivity contribution is 0.0620. The number of aryl methyl sites for hydroxylation is 2. The van der Waals surface area contributed by atoms with Crippen LogP contribution in [0.3, 0.4) is 0 Å². The Morgan fingerprint density at radius 3 is 2.55 bits per heavy atom. The van der Waals surface area contributed by atoms with Crippen LogP contribution in [0.2, 0.25) is 0 Å². The van der Waals surface area contributed by atoms with Crippen molar-refractivity contribution in [1.29, 1.82) is 0 Å². The first-order valence-electron chi connectivity index (χ1n) is 6.91. The number of sulfonamides is 1. The van der Waals surface area contributed by atoms with Crippen LogP contribution in [0.1, 0.15) is 37.1 Å². The molecular formula is C13H22N2O4S. The standard InChI is InChI=1S/C13H22N2O4S/c1-9-13(10(2)19-14-9)20(17,18)15(3)8-11-6-4-5-7-12(11)16/h11-12,16H,4-8H2,1-3H3. The summed E-state index contributed by atoms with van der Waals surface area (Å²) >= 11 is 0. The summed E-state index contributed by atoms with van der Waals surface area (Å²) < 4.78 is 31.4. The molecule has 2 rings (SSSR count). The molecule has 0 radical (unpaired) electrons. The minimum absolute atomic E-state index is 0.00370. The Labute approximate surface area is 119 Å². The van der Waals surface area contributed by atoms with Crippen LogP contribution in [0.5, 0.6) is 0 Å². The Balaban J connectivity index is 2.17. The normalized spacial score (nSPS) is 24.2. The van der Waals surface area contributed by atoms with Crippen molar-refractivity contribution in [2.24, 2.45) is 5.92 Å². The predicted octanol–water partition coefficient (Wildman–Crippen LogP) is 1.46. The Morgan fingerprint density at radius 2 is 2.00 bits per heavy atom. The van der Waals surface area contributed by atoms with Crippen LogP contribution < -0.4 is 0 Å². The van der Waals surface area contributed by atoms with E-state index in [-0.39, 0.29) is 10.8 Å². The molecule has 2 unspecified atom stereocenters. The number of aliphatic hydroxyl groups excluding tert-OH is 1. The minimum Gasteiger partial charge on any atom is -0.393 e. The van der Waals surface area contributed by atoms with Gasteiger partial charge in [-0.05, 0) is 32.6 Å². The maximum atomic E-state index is 12.6. The Hall–Kier alpha value is -0.920. The Morgan fingerprint density at radius 1 is 1.35 bits per heavy atom. The fourth-order valence-corrected chi connectivity index (χ4v) is 4.34. The third-order valence-electron chi connectivity index (χ3n) is 4.00. The van der Waals surface area contributed by atoms with Crippen molar-refractivity contribution in [3.8, 4) is 0 Å². The van der Waals surface area contributed by atoms with Crippen LogP contribution in [0.4, 0.5) is 0 Å². The molecule has 1 heterocycles. The quantitative estimate of drug-likeness (QED) is 0.910. The van der Waals surface area contributed by atoms with Crippen LogP contribution in [0.25, 0.3) is 0 Å². The van der Waals surface area contributed by atoms with E-state index in [9.17, 15) is 13.5 Å². The largest absolute Gasteiger partial charge is 0.393 e. The Bertz CT molecular complexity index is 547. The molecule has 20 heavy (non-hydrogen) atoms. The second kappa shape index (κ2) is 5.83. The summed E-state index contributed by atoms with van der Waals surface area (Å²) in [4.78, 5) is 0.144. The highest BCUT2D eigenvalue weighted by Crippen LogP contribution is 2.28. The summed E-state index contributed by atoms with van der Waals surface area (Å²) in [5, 5.41) is 13.7. The molecule has 6 nitrogen and oxygen atoms in total. The van der Waals surface area contributed by atoms with E-state index in [2.05, 4.69) is 5.16 Å². The first-order valence-corrected chi connectivity index (χ1v) is 8.35. The SMILES string of the molecule is Cc1noc(C)c1S(=O)(=O)N(C)CC1CCCCC1O. The molecule has 0 bridgehead atoms. The molecule has 0 aliphatic heterocycles. The first kappa shape index (κ1) is 15.5. The second-order valence-electron chi connectivity index (χ2n) is 5.55. The number of hydrogen-bond acceptors (Lipinski definition) is 5. The van der Waals surface area contributed by atoms with Gasteiger partial charge in [0.2, 0.25) is 10.0 Å². The van der Waals surface area contributed by atoms with Gasteiger partial charge in [0.05, 0.1) is 6.10 Å². The van der Waals surface area contributed by atoms with Gasteiger partial charge in [-0.25, -0.2) is 12.7 Å². The maximum absolute atomic E-state index is 12.6. The van der Waals surface area contributed by atoms with Gasteiger partial charge < -0.3 is 9.63 Å². The van der Waals surface area contributed by atoms with E-state index in [1.165, 1.54) is 4.31 Å². The molecule has 0 aromatic carbocycles. The van der Waals surface area contributed by atoms with E-state index in [0.717, 1.165) is 25.7 Å². The van der Waals surface area contributed by atoms with Gasteiger partial charge in [0.15, 0.2) is 5.76 Å². The first-order chi connectivity index (χ1) is 9.34. The summed E-state index contributed by atoms with van der Waals surface area (Å²) in [6.07, 6.45) is 3.26. The van der Waals surface area contributed by atoms with Crippen molar-refractivity contribution in [2.75, 3.05) is 13.6 Å². The van der Waals surface area contributed by atoms with E-state index >= 15 is 0 Å². The molecule has 114 valence electrons. The van der Waals surface area contributed by atoms with E-state index < -0.39 is 16.1 Å². The second-order valence-corrected chi connectivity index (χ2v) is 7.53. The highest BCUT2D eigenvalue weighted by Gasteiger charge is 2.32. The average Bonchev–Trinajstić information content (AvgIpc) is 2.72. The van der Waals surface area contributed by atoms with Crippen LogP contribution in [0, 0.1) is 19.8 Å². The van der Waals surface area contributed by atoms with Crippen molar-refractivity contribution in [3.63, 3.8) is 0 Å². The van der Waals surface area contributed by atoms with E-state index in [1.54, 1.807) is 20.9 Å². The smallest absolute Gasteiger partial charge is 0.248 e. The molecular weight excluding hydrogens is 280 g/mol. The van der Waals surface area contributed by atoms with Gasteiger partial charge in [-0.1, -0.05) is 18.0 Å². The van der Waals surface area contributed by atoms with Gasteiger partial charge in [0, 0.05) is 13.6 Å². The summed E-state index contributed by atoms with van der Waals surface area (Å²) in [6.45, 7) is 3.54. The number of nitrogens with zero attached hydrogens (tertiary/aromatic N) is 2. The molecule has 1 N–H and O–H groups in total. The van der Waals surface area contributed by atoms with Gasteiger partial charge in [-0.3, -0.25) is 0 Å². The molecule has 2 atom stereocenters. The molecule has 7 heteroatoms. The lowest BCUT2D eigenvalue weighted by atomic mass is 9.86. The summed E-state index contributed by atoms with van der Waals surface area (Å²) in [7, 11) is -2.07. The third-order valence-corrected chi connectivity index (χ3v) is 6.07. The van der Waals surface area contributed by atoms with Crippen LogP contribution in [0.15, 0.2) is 9.42 Å². The summed E-state index contributed by atoms with van der Waals surface area (Å²) in [5.41, 5.74) is 0.374. The molecule has 0 spiro atoms. The fraction of sp³-hybridized carbons (Fsp3) is 0.769. The lowest BCUT2D eigenvalue weighted by Gasteiger charge is -2.30. The highest BCUT2D eigenvalue weighted by molar-refractivity contribution is 7.89. The molecule has 0 amide bonds. The average molecular weight is 302 g/mol. The van der Waals surface area contributed by atoms with E-state index in [0.29, 0.717) is 18.0 Å². The molecule has 1 aliphatic rings. The van der Waals surface area contributed by atoms with Crippen molar-refractivity contribution >= 4 is 10.0 Å². The molecule has 1 saturated carbocycles. The van der Waals surface area contributed by atoms with Crippen molar-refractivity contribution in [3.05, 3.63) is 11.5 Å². The molecule has 1 aromatic rings. The van der Waals surface area contributed by atoms with Crippen molar-refractivity contribution in [2.45, 2.75) is 50.5 Å². The van der Waals surface area contributed by atoms with E-state index in [4.69, 9.17) is 4.52 Å². The molecule has 1 aromatic heterocycles. The lowest BCUT2D eigenvalue weighted by Crippen LogP contribution is -2.38. The highest BCUT2D eigenvalue weighted by atomic mass is 32.2. The molecule has 0 saturated heterocycles. The van der Waals surface area contributed by atoms with Gasteiger partial charge >= 0.3 is 0 Å². The number of aromatic nitrogens is 1. The zero-order valence-corrected chi connectivity index (χ0v) is 13.0. The number of rotatable bonds is 4. The minimum atomic E-state index is -3.61.